The topological polar surface area (TPSA) is 18.5 Å². The van der Waals surface area contributed by atoms with Crippen LogP contribution in [0.25, 0.3) is 0 Å². The number of alkyl halides is 2. The van der Waals surface area contributed by atoms with Crippen molar-refractivity contribution in [1.82, 2.24) is 0 Å². The monoisotopic (exact) mass is 266 g/mol. The van der Waals surface area contributed by atoms with E-state index in [1.807, 2.05) is 19.1 Å². The Hall–Kier alpha value is -0.340. The van der Waals surface area contributed by atoms with Crippen LogP contribution in [0.4, 0.5) is 0 Å². The highest BCUT2D eigenvalue weighted by Gasteiger charge is 1.94. The molecule has 0 aromatic carbocycles. The van der Waals surface area contributed by atoms with Gasteiger partial charge in [0.2, 0.25) is 6.29 Å². The van der Waals surface area contributed by atoms with Gasteiger partial charge in [-0.15, -0.1) is 23.2 Å². The van der Waals surface area contributed by atoms with Crippen molar-refractivity contribution in [2.45, 2.75) is 38.9 Å². The van der Waals surface area contributed by atoms with Crippen molar-refractivity contribution in [3.8, 4) is 0 Å². The van der Waals surface area contributed by atoms with Gasteiger partial charge in [-0.1, -0.05) is 0 Å². The molecule has 0 heterocycles. The molecule has 0 amide bonds. The lowest BCUT2D eigenvalue weighted by Crippen LogP contribution is -2.04. The summed E-state index contributed by atoms with van der Waals surface area (Å²) in [7, 11) is 0. The fourth-order valence-corrected chi connectivity index (χ4v) is 1.20. The Balaban J connectivity index is 3.39. The molecular formula is C12H20Cl2O2. The average Bonchev–Trinajstić information content (AvgIpc) is 2.28. The van der Waals surface area contributed by atoms with Gasteiger partial charge in [-0.05, 0) is 37.8 Å². The summed E-state index contributed by atoms with van der Waals surface area (Å²) in [6, 6.07) is 0. The first-order valence-electron chi connectivity index (χ1n) is 5.54. The number of hydrogen-bond acceptors (Lipinski definition) is 2. The molecule has 4 heteroatoms. The Labute approximate surface area is 108 Å². The highest BCUT2D eigenvalue weighted by molar-refractivity contribution is 6.18. The summed E-state index contributed by atoms with van der Waals surface area (Å²) >= 11 is 11.1. The van der Waals surface area contributed by atoms with Crippen LogP contribution in [-0.2, 0) is 9.47 Å². The Morgan fingerprint density at radius 3 is 1.75 bits per heavy atom. The molecule has 0 unspecified atom stereocenters. The minimum Gasteiger partial charge on any atom is -0.463 e. The maximum atomic E-state index is 5.54. The summed E-state index contributed by atoms with van der Waals surface area (Å²) in [6.45, 7) is 1.85. The smallest absolute Gasteiger partial charge is 0.236 e. The Bertz CT molecular complexity index is 173. The summed E-state index contributed by atoms with van der Waals surface area (Å²) in [5.74, 6) is 1.36. The molecule has 0 aromatic heterocycles. The van der Waals surface area contributed by atoms with E-state index >= 15 is 0 Å². The van der Waals surface area contributed by atoms with Gasteiger partial charge in [-0.2, -0.15) is 0 Å². The Morgan fingerprint density at radius 1 is 0.938 bits per heavy atom. The van der Waals surface area contributed by atoms with Crippen LogP contribution in [0.2, 0.25) is 0 Å². The molecule has 16 heavy (non-hydrogen) atoms. The van der Waals surface area contributed by atoms with Crippen LogP contribution in [0.3, 0.4) is 0 Å². The summed E-state index contributed by atoms with van der Waals surface area (Å²) < 4.78 is 10.5. The number of hydrogen-bond donors (Lipinski definition) is 0. The first-order valence-corrected chi connectivity index (χ1v) is 6.61. The highest BCUT2D eigenvalue weighted by Crippen LogP contribution is 2.00. The van der Waals surface area contributed by atoms with E-state index in [0.29, 0.717) is 11.8 Å². The third-order valence-corrected chi connectivity index (χ3v) is 2.28. The largest absolute Gasteiger partial charge is 0.463 e. The second-order valence-electron chi connectivity index (χ2n) is 3.25. The van der Waals surface area contributed by atoms with E-state index in [9.17, 15) is 0 Å². The molecule has 0 atom stereocenters. The molecule has 0 aromatic rings. The highest BCUT2D eigenvalue weighted by atomic mass is 35.5. The third kappa shape index (κ3) is 11.7. The van der Waals surface area contributed by atoms with Gasteiger partial charge in [-0.3, -0.25) is 0 Å². The molecule has 0 rings (SSSR count). The molecule has 0 spiro atoms. The van der Waals surface area contributed by atoms with Crippen molar-refractivity contribution in [1.29, 1.82) is 0 Å². The van der Waals surface area contributed by atoms with Crippen LogP contribution in [0.15, 0.2) is 24.7 Å². The molecule has 0 aliphatic carbocycles. The van der Waals surface area contributed by atoms with Crippen LogP contribution in [0, 0.1) is 0 Å². The van der Waals surface area contributed by atoms with Crippen molar-refractivity contribution in [2.75, 3.05) is 11.8 Å². The van der Waals surface area contributed by atoms with Gasteiger partial charge in [0.1, 0.15) is 0 Å². The zero-order chi connectivity index (χ0) is 12.1. The van der Waals surface area contributed by atoms with Crippen LogP contribution >= 0.6 is 23.2 Å². The average molecular weight is 267 g/mol. The zero-order valence-corrected chi connectivity index (χ0v) is 11.2. The molecule has 2 nitrogen and oxygen atoms in total. The van der Waals surface area contributed by atoms with Crippen LogP contribution in [-0.4, -0.2) is 18.1 Å². The van der Waals surface area contributed by atoms with Crippen molar-refractivity contribution >= 4 is 23.2 Å². The van der Waals surface area contributed by atoms with Gasteiger partial charge in [0, 0.05) is 18.7 Å². The lowest BCUT2D eigenvalue weighted by atomic mass is 10.3. The molecule has 0 aliphatic rings. The molecule has 94 valence electrons. The predicted octanol–water partition coefficient (Wildman–Crippen LogP) is 4.43. The molecule has 0 saturated heterocycles. The van der Waals surface area contributed by atoms with Crippen LogP contribution < -0.4 is 0 Å². The normalized spacial score (nSPS) is 13.4. The molecular weight excluding hydrogens is 247 g/mol. The number of rotatable bonds is 10. The predicted molar refractivity (Wildman–Crippen MR) is 69.8 cm³/mol. The lowest BCUT2D eigenvalue weighted by molar-refractivity contribution is -0.0463. The number of unbranched alkanes of at least 4 members (excludes halogenated alkanes) is 2. The Kier molecular flexibility index (Phi) is 12.5. The van der Waals surface area contributed by atoms with Gasteiger partial charge in [0.25, 0.3) is 0 Å². The molecule has 0 aliphatic heterocycles. The van der Waals surface area contributed by atoms with Crippen molar-refractivity contribution in [2.24, 2.45) is 0 Å². The number of halogens is 2. The van der Waals surface area contributed by atoms with Crippen LogP contribution in [0.5, 0.6) is 0 Å². The zero-order valence-electron chi connectivity index (χ0n) is 9.70. The van der Waals surface area contributed by atoms with Gasteiger partial charge in [-0.25, -0.2) is 0 Å². The van der Waals surface area contributed by atoms with Gasteiger partial charge >= 0.3 is 0 Å². The minimum atomic E-state index is -0.264. The molecule has 0 radical (unpaired) electrons. The first-order chi connectivity index (χ1) is 7.81. The SMILES string of the molecule is CC(OC=CCCCCl)OC=CCCCCl. The number of allylic oxidation sites excluding steroid dienone is 2. The summed E-state index contributed by atoms with van der Waals surface area (Å²) in [5.41, 5.74) is 0. The van der Waals surface area contributed by atoms with Crippen LogP contribution in [0.1, 0.15) is 32.6 Å². The van der Waals surface area contributed by atoms with Gasteiger partial charge in [0.15, 0.2) is 0 Å². The minimum absolute atomic E-state index is 0.264. The van der Waals surface area contributed by atoms with E-state index < -0.39 is 0 Å². The van der Waals surface area contributed by atoms with Gasteiger partial charge < -0.3 is 9.47 Å². The quantitative estimate of drug-likeness (QED) is 0.252. The van der Waals surface area contributed by atoms with Crippen molar-refractivity contribution in [3.05, 3.63) is 24.7 Å². The lowest BCUT2D eigenvalue weighted by Gasteiger charge is -2.09. The second-order valence-corrected chi connectivity index (χ2v) is 4.00. The van der Waals surface area contributed by atoms with Crippen molar-refractivity contribution < 1.29 is 9.47 Å². The third-order valence-electron chi connectivity index (χ3n) is 1.74. The second kappa shape index (κ2) is 12.7. The standard InChI is InChI=1S/C12H20Cl2O2/c1-12(15-10-6-2-4-8-13)16-11-7-3-5-9-14/h6-7,10-12H,2-5,8-9H2,1H3. The maximum absolute atomic E-state index is 5.54. The molecule has 0 saturated carbocycles. The first kappa shape index (κ1) is 15.7. The van der Waals surface area contributed by atoms with E-state index in [1.165, 1.54) is 0 Å². The maximum Gasteiger partial charge on any atom is 0.236 e. The molecule has 0 N–H and O–H groups in total. The fourth-order valence-electron chi connectivity index (χ4n) is 0.891. The van der Waals surface area contributed by atoms with Gasteiger partial charge in [0.05, 0.1) is 12.5 Å². The molecule has 0 bridgehead atoms. The Morgan fingerprint density at radius 2 is 1.38 bits per heavy atom. The van der Waals surface area contributed by atoms with E-state index in [-0.39, 0.29) is 6.29 Å². The van der Waals surface area contributed by atoms with Crippen molar-refractivity contribution in [3.63, 3.8) is 0 Å². The van der Waals surface area contributed by atoms with E-state index in [2.05, 4.69) is 0 Å². The van der Waals surface area contributed by atoms with E-state index in [0.717, 1.165) is 25.7 Å². The fraction of sp³-hybridized carbons (Fsp3) is 0.667. The van der Waals surface area contributed by atoms with E-state index in [1.54, 1.807) is 12.5 Å². The summed E-state index contributed by atoms with van der Waals surface area (Å²) in [4.78, 5) is 0. The summed E-state index contributed by atoms with van der Waals surface area (Å²) in [6.07, 6.45) is 10.7. The molecule has 0 fully saturated rings. The number of ether oxygens (including phenoxy) is 2. The summed E-state index contributed by atoms with van der Waals surface area (Å²) in [5, 5.41) is 0. The van der Waals surface area contributed by atoms with E-state index in [4.69, 9.17) is 32.7 Å².